The summed E-state index contributed by atoms with van der Waals surface area (Å²) in [5, 5.41) is 10.7. The zero-order valence-corrected chi connectivity index (χ0v) is 18.2. The molecule has 3 rings (SSSR count). The molecule has 28 heavy (non-hydrogen) atoms. The van der Waals surface area contributed by atoms with Gasteiger partial charge < -0.3 is 14.9 Å². The third-order valence-electron chi connectivity index (χ3n) is 5.41. The number of carbonyl (C=O) groups excluding carboxylic acids is 1. The SMILES string of the molecule is CCc1ccc([C@H]2Sc3cc(C)c(C)cc3N(CCN(C)C)C(=O)[C@H]2O)cc1. The van der Waals surface area contributed by atoms with Crippen LogP contribution in [0.1, 0.15) is 34.4 Å². The number of nitrogens with zero attached hydrogens (tertiary/aromatic N) is 2. The number of aryl methyl sites for hydroxylation is 3. The van der Waals surface area contributed by atoms with Crippen LogP contribution in [0.15, 0.2) is 41.3 Å². The third-order valence-corrected chi connectivity index (χ3v) is 6.78. The maximum absolute atomic E-state index is 13.3. The summed E-state index contributed by atoms with van der Waals surface area (Å²) < 4.78 is 0. The van der Waals surface area contributed by atoms with Crippen molar-refractivity contribution in [2.45, 2.75) is 43.4 Å². The lowest BCUT2D eigenvalue weighted by atomic mass is 10.0. The molecular formula is C23H30N2O2S. The molecule has 4 nitrogen and oxygen atoms in total. The van der Waals surface area contributed by atoms with Gasteiger partial charge in [-0.05, 0) is 68.8 Å². The van der Waals surface area contributed by atoms with Crippen LogP contribution in [0.25, 0.3) is 0 Å². The molecule has 0 saturated heterocycles. The Kier molecular flexibility index (Phi) is 6.48. The van der Waals surface area contributed by atoms with Crippen molar-refractivity contribution in [1.82, 2.24) is 4.90 Å². The van der Waals surface area contributed by atoms with Crippen LogP contribution in [-0.2, 0) is 11.2 Å². The summed E-state index contributed by atoms with van der Waals surface area (Å²) in [6.45, 7) is 7.58. The minimum Gasteiger partial charge on any atom is -0.382 e. The molecule has 0 spiro atoms. The summed E-state index contributed by atoms with van der Waals surface area (Å²) in [5.41, 5.74) is 5.50. The summed E-state index contributed by atoms with van der Waals surface area (Å²) >= 11 is 1.59. The van der Waals surface area contributed by atoms with Gasteiger partial charge in [-0.15, -0.1) is 11.8 Å². The van der Waals surface area contributed by atoms with Crippen molar-refractivity contribution in [2.24, 2.45) is 0 Å². The van der Waals surface area contributed by atoms with E-state index in [0.29, 0.717) is 6.54 Å². The van der Waals surface area contributed by atoms with Gasteiger partial charge in [0.2, 0.25) is 0 Å². The molecule has 1 aliphatic rings. The van der Waals surface area contributed by atoms with Gasteiger partial charge in [0.1, 0.15) is 6.10 Å². The zero-order valence-electron chi connectivity index (χ0n) is 17.4. The number of hydrogen-bond donors (Lipinski definition) is 1. The van der Waals surface area contributed by atoms with Gasteiger partial charge in [0.25, 0.3) is 5.91 Å². The number of rotatable bonds is 5. The van der Waals surface area contributed by atoms with E-state index >= 15 is 0 Å². The molecule has 0 aromatic heterocycles. The fourth-order valence-electron chi connectivity index (χ4n) is 3.41. The minimum atomic E-state index is -1.08. The van der Waals surface area contributed by atoms with Crippen LogP contribution in [0.4, 0.5) is 5.69 Å². The Morgan fingerprint density at radius 1 is 1.11 bits per heavy atom. The molecule has 0 fully saturated rings. The maximum atomic E-state index is 13.3. The van der Waals surface area contributed by atoms with E-state index < -0.39 is 6.10 Å². The second-order valence-corrected chi connectivity index (χ2v) is 8.96. The largest absolute Gasteiger partial charge is 0.382 e. The summed E-state index contributed by atoms with van der Waals surface area (Å²) in [4.78, 5) is 18.1. The van der Waals surface area contributed by atoms with E-state index in [-0.39, 0.29) is 11.2 Å². The topological polar surface area (TPSA) is 43.8 Å². The van der Waals surface area contributed by atoms with Crippen molar-refractivity contribution in [3.05, 3.63) is 58.7 Å². The van der Waals surface area contributed by atoms with E-state index in [1.165, 1.54) is 11.1 Å². The fraction of sp³-hybridized carbons (Fsp3) is 0.435. The van der Waals surface area contributed by atoms with Crippen molar-refractivity contribution in [2.75, 3.05) is 32.1 Å². The zero-order chi connectivity index (χ0) is 20.4. The Morgan fingerprint density at radius 2 is 1.75 bits per heavy atom. The van der Waals surface area contributed by atoms with Crippen LogP contribution in [0, 0.1) is 13.8 Å². The summed E-state index contributed by atoms with van der Waals surface area (Å²) in [7, 11) is 3.99. The first-order valence-electron chi connectivity index (χ1n) is 9.82. The predicted molar refractivity (Wildman–Crippen MR) is 117 cm³/mol. The standard InChI is InChI=1S/C23H30N2O2S/c1-6-17-7-9-18(10-8-17)22-21(26)23(27)25(12-11-24(4)5)19-13-15(2)16(3)14-20(19)28-22/h7-10,13-14,21-22,26H,6,11-12H2,1-5H3/t21-,22+/m0/s1. The number of aliphatic hydroxyl groups is 1. The Balaban J connectivity index is 2.05. The minimum absolute atomic E-state index is 0.221. The summed E-state index contributed by atoms with van der Waals surface area (Å²) in [6.07, 6.45) is -0.105. The number of amides is 1. The first kappa shape index (κ1) is 20.9. The first-order chi connectivity index (χ1) is 13.3. The van der Waals surface area contributed by atoms with Crippen LogP contribution in [0.5, 0.6) is 0 Å². The molecule has 1 aliphatic heterocycles. The lowest BCUT2D eigenvalue weighted by molar-refractivity contribution is -0.126. The molecule has 1 amide bonds. The number of anilines is 1. The molecule has 2 aromatic carbocycles. The van der Waals surface area contributed by atoms with Crippen molar-refractivity contribution in [1.29, 1.82) is 0 Å². The Hall–Kier alpha value is -1.82. The molecule has 0 radical (unpaired) electrons. The fourth-order valence-corrected chi connectivity index (χ4v) is 4.76. The monoisotopic (exact) mass is 398 g/mol. The normalized spacial score (nSPS) is 19.7. The molecule has 5 heteroatoms. The van der Waals surface area contributed by atoms with Gasteiger partial charge in [0.05, 0.1) is 10.9 Å². The first-order valence-corrected chi connectivity index (χ1v) is 10.7. The Morgan fingerprint density at radius 3 is 2.36 bits per heavy atom. The highest BCUT2D eigenvalue weighted by molar-refractivity contribution is 7.99. The predicted octanol–water partition coefficient (Wildman–Crippen LogP) is 3.97. The number of likely N-dealkylation sites (N-methyl/N-ethyl adjacent to an activating group) is 1. The number of carbonyl (C=O) groups is 1. The quantitative estimate of drug-likeness (QED) is 0.828. The maximum Gasteiger partial charge on any atom is 0.257 e. The molecule has 0 saturated carbocycles. The number of aliphatic hydroxyl groups excluding tert-OH is 1. The van der Waals surface area contributed by atoms with Crippen molar-refractivity contribution >= 4 is 23.4 Å². The van der Waals surface area contributed by atoms with Crippen LogP contribution in [0.3, 0.4) is 0 Å². The van der Waals surface area contributed by atoms with Crippen LogP contribution >= 0.6 is 11.8 Å². The average Bonchev–Trinajstić information content (AvgIpc) is 2.77. The van der Waals surface area contributed by atoms with Gasteiger partial charge in [-0.3, -0.25) is 4.79 Å². The molecule has 2 aromatic rings. The molecule has 0 aliphatic carbocycles. The number of thioether (sulfide) groups is 1. The number of fused-ring (bicyclic) bond motifs is 1. The van der Waals surface area contributed by atoms with Gasteiger partial charge >= 0.3 is 0 Å². The van der Waals surface area contributed by atoms with Crippen molar-refractivity contribution in [3.63, 3.8) is 0 Å². The van der Waals surface area contributed by atoms with Gasteiger partial charge in [0.15, 0.2) is 0 Å². The van der Waals surface area contributed by atoms with Crippen molar-refractivity contribution in [3.8, 4) is 0 Å². The molecule has 0 unspecified atom stereocenters. The van der Waals surface area contributed by atoms with E-state index in [2.05, 4.69) is 49.9 Å². The van der Waals surface area contributed by atoms with Gasteiger partial charge in [-0.1, -0.05) is 31.2 Å². The average molecular weight is 399 g/mol. The summed E-state index contributed by atoms with van der Waals surface area (Å²) in [5.74, 6) is -0.221. The van der Waals surface area contributed by atoms with E-state index in [1.54, 1.807) is 16.7 Å². The molecular weight excluding hydrogens is 368 g/mol. The lowest BCUT2D eigenvalue weighted by Crippen LogP contribution is -2.43. The van der Waals surface area contributed by atoms with Crippen LogP contribution < -0.4 is 4.90 Å². The highest BCUT2D eigenvalue weighted by Gasteiger charge is 2.37. The lowest BCUT2D eigenvalue weighted by Gasteiger charge is -2.26. The highest BCUT2D eigenvalue weighted by Crippen LogP contribution is 2.46. The van der Waals surface area contributed by atoms with E-state index in [0.717, 1.165) is 34.7 Å². The van der Waals surface area contributed by atoms with Gasteiger partial charge in [-0.2, -0.15) is 0 Å². The number of benzene rings is 2. The van der Waals surface area contributed by atoms with E-state index in [1.807, 2.05) is 26.2 Å². The highest BCUT2D eigenvalue weighted by atomic mass is 32.2. The van der Waals surface area contributed by atoms with E-state index in [4.69, 9.17) is 0 Å². The van der Waals surface area contributed by atoms with Crippen LogP contribution in [0.2, 0.25) is 0 Å². The second kappa shape index (κ2) is 8.68. The molecule has 2 atom stereocenters. The Bertz CT molecular complexity index is 848. The van der Waals surface area contributed by atoms with Crippen molar-refractivity contribution < 1.29 is 9.90 Å². The van der Waals surface area contributed by atoms with Crippen LogP contribution in [-0.4, -0.2) is 49.2 Å². The Labute approximate surface area is 172 Å². The molecule has 1 N–H and O–H groups in total. The summed E-state index contributed by atoms with van der Waals surface area (Å²) in [6, 6.07) is 12.5. The molecule has 0 bridgehead atoms. The smallest absolute Gasteiger partial charge is 0.257 e. The van der Waals surface area contributed by atoms with Gasteiger partial charge in [0, 0.05) is 18.0 Å². The molecule has 150 valence electrons. The van der Waals surface area contributed by atoms with Gasteiger partial charge in [-0.25, -0.2) is 0 Å². The third kappa shape index (κ3) is 4.27. The second-order valence-electron chi connectivity index (χ2n) is 7.78. The number of hydrogen-bond acceptors (Lipinski definition) is 4. The molecule has 1 heterocycles. The van der Waals surface area contributed by atoms with E-state index in [9.17, 15) is 9.90 Å².